The summed E-state index contributed by atoms with van der Waals surface area (Å²) in [6, 6.07) is 38.5. The van der Waals surface area contributed by atoms with Crippen LogP contribution in [-0.4, -0.2) is 52.1 Å². The maximum absolute atomic E-state index is 13.5. The van der Waals surface area contributed by atoms with Crippen LogP contribution in [0.25, 0.3) is 0 Å². The third-order valence-corrected chi connectivity index (χ3v) is 14.7. The van der Waals surface area contributed by atoms with Gasteiger partial charge in [-0.15, -0.1) is 0 Å². The summed E-state index contributed by atoms with van der Waals surface area (Å²) in [6.07, 6.45) is 0.543. The van der Waals surface area contributed by atoms with Crippen molar-refractivity contribution in [1.29, 1.82) is 0 Å². The number of benzene rings is 6. The normalized spacial score (nSPS) is 11.6. The lowest BCUT2D eigenvalue weighted by Gasteiger charge is -2.27. The van der Waals surface area contributed by atoms with Crippen LogP contribution in [0, 0.1) is 6.92 Å². The summed E-state index contributed by atoms with van der Waals surface area (Å²) in [5, 5.41) is 18.1. The second-order valence-corrected chi connectivity index (χ2v) is 19.7. The van der Waals surface area contributed by atoms with E-state index in [1.807, 2.05) is 69.3 Å². The molecule has 354 valence electrons. The highest BCUT2D eigenvalue weighted by atomic mass is 32.2. The van der Waals surface area contributed by atoms with Crippen LogP contribution in [0.3, 0.4) is 0 Å². The number of carboxylic acids is 2. The van der Waals surface area contributed by atoms with Gasteiger partial charge < -0.3 is 10.2 Å². The summed E-state index contributed by atoms with van der Waals surface area (Å²) < 4.78 is 96.6. The number of hydrogen-bond acceptors (Lipinski definition) is 6. The summed E-state index contributed by atoms with van der Waals surface area (Å²) in [5.41, 5.74) is 5.09. The van der Waals surface area contributed by atoms with E-state index in [0.717, 1.165) is 52.8 Å². The third kappa shape index (κ3) is 13.8. The van der Waals surface area contributed by atoms with Crippen molar-refractivity contribution in [2.24, 2.45) is 0 Å². The average molecular weight is 957 g/mol. The summed E-state index contributed by atoms with van der Waals surface area (Å²) in [6.45, 7) is 6.42. The molecule has 0 aliphatic heterocycles. The van der Waals surface area contributed by atoms with Crippen molar-refractivity contribution in [1.82, 2.24) is 0 Å². The first-order chi connectivity index (χ1) is 31.9. The molecule has 0 spiro atoms. The molecule has 0 saturated heterocycles. The van der Waals surface area contributed by atoms with Gasteiger partial charge in [-0.3, -0.25) is 8.61 Å². The van der Waals surface area contributed by atoms with E-state index in [1.54, 1.807) is 60.7 Å². The van der Waals surface area contributed by atoms with Crippen LogP contribution < -0.4 is 8.61 Å². The lowest BCUT2D eigenvalue weighted by molar-refractivity contribution is -0.137. The maximum atomic E-state index is 13.5. The predicted molar refractivity (Wildman–Crippen MR) is 256 cm³/mol. The van der Waals surface area contributed by atoms with Gasteiger partial charge in [0.1, 0.15) is 0 Å². The van der Waals surface area contributed by atoms with Crippen molar-refractivity contribution in [2.75, 3.05) is 21.7 Å². The van der Waals surface area contributed by atoms with Gasteiger partial charge in [0.05, 0.1) is 37.9 Å². The molecule has 0 radical (unpaired) electrons. The van der Waals surface area contributed by atoms with Crippen molar-refractivity contribution in [3.05, 3.63) is 190 Å². The molecule has 2 N–H and O–H groups in total. The minimum atomic E-state index is -4.66. The van der Waals surface area contributed by atoms with Crippen LogP contribution in [0.15, 0.2) is 155 Å². The number of alkyl halides is 3. The van der Waals surface area contributed by atoms with Crippen LogP contribution in [0.4, 0.5) is 24.5 Å². The molecule has 10 nitrogen and oxygen atoms in total. The molecule has 0 aliphatic carbocycles. The Balaban J connectivity index is 0.000000252. The topological polar surface area (TPSA) is 149 Å². The Morgan fingerprint density at radius 1 is 0.522 bits per heavy atom. The number of unbranched alkanes of at least 4 members (excludes halogenated alkanes) is 2. The summed E-state index contributed by atoms with van der Waals surface area (Å²) in [4.78, 5) is 22.0. The van der Waals surface area contributed by atoms with Crippen LogP contribution in [0.2, 0.25) is 0 Å². The zero-order chi connectivity index (χ0) is 48.8. The number of sulfonamides is 2. The monoisotopic (exact) mass is 956 g/mol. The smallest absolute Gasteiger partial charge is 0.416 e. The number of anilines is 2. The molecule has 0 aliphatic rings. The number of rotatable bonds is 20. The number of para-hydroxylation sites is 2. The Kier molecular flexibility index (Phi) is 17.9. The second-order valence-electron chi connectivity index (χ2n) is 16.0. The number of nitrogens with zero attached hydrogens (tertiary/aromatic N) is 2. The molecule has 15 heteroatoms. The molecule has 0 aromatic heterocycles. The number of aryl methyl sites for hydroxylation is 5. The Hall–Kier alpha value is -6.45. The molecule has 0 fully saturated rings. The zero-order valence-corrected chi connectivity index (χ0v) is 39.2. The first-order valence-corrected chi connectivity index (χ1v) is 24.8. The standard InChI is InChI=1S/C26H26F3NO4S.C26H29NO4S/c1-2-3-17-30(35(33,34)23-9-6-8-22(18-23)26(27,28)29)24-10-5-4-7-20(24)14-11-19-12-15-21(16-13-19)25(31)32;1-3-4-19-27(32(30,31)24-17-9-20(2)10-18-24)25-8-6-5-7-22(25)14-11-21-12-15-23(16-13-21)26(28)29/h4-10,12-13,15-16,18H,2-3,11,14,17H2,1H3,(H,31,32);5-10,12-13,15-18H,3-4,11,14,19H2,1-2H3,(H,28,29). The Labute approximate surface area is 391 Å². The molecule has 67 heavy (non-hydrogen) atoms. The molecule has 0 unspecified atom stereocenters. The highest BCUT2D eigenvalue weighted by Gasteiger charge is 2.34. The second kappa shape index (κ2) is 23.3. The van der Waals surface area contributed by atoms with Gasteiger partial charge in [-0.1, -0.05) is 111 Å². The van der Waals surface area contributed by atoms with Crippen LogP contribution in [-0.2, 0) is 51.9 Å². The van der Waals surface area contributed by atoms with E-state index < -0.39 is 48.6 Å². The predicted octanol–water partition coefficient (Wildman–Crippen LogP) is 11.7. The minimum Gasteiger partial charge on any atom is -0.478 e. The number of aromatic carboxylic acids is 2. The molecule has 0 bridgehead atoms. The number of halogens is 3. The fraction of sp³-hybridized carbons (Fsp3) is 0.269. The lowest BCUT2D eigenvalue weighted by Crippen LogP contribution is -2.33. The fourth-order valence-electron chi connectivity index (χ4n) is 7.26. The van der Waals surface area contributed by atoms with Crippen molar-refractivity contribution >= 4 is 43.4 Å². The van der Waals surface area contributed by atoms with Gasteiger partial charge >= 0.3 is 18.1 Å². The van der Waals surface area contributed by atoms with Crippen LogP contribution in [0.5, 0.6) is 0 Å². The van der Waals surface area contributed by atoms with Crippen LogP contribution in [0.1, 0.15) is 93.6 Å². The maximum Gasteiger partial charge on any atom is 0.416 e. The average Bonchev–Trinajstić information content (AvgIpc) is 3.31. The molecule has 0 atom stereocenters. The number of carboxylic acid groups (broad SMARTS) is 2. The molecule has 0 saturated carbocycles. The van der Waals surface area contributed by atoms with E-state index in [1.165, 1.54) is 26.8 Å². The molecule has 6 rings (SSSR count). The van der Waals surface area contributed by atoms with E-state index in [9.17, 15) is 39.6 Å². The van der Waals surface area contributed by atoms with E-state index in [0.29, 0.717) is 67.4 Å². The van der Waals surface area contributed by atoms with E-state index >= 15 is 0 Å². The van der Waals surface area contributed by atoms with E-state index in [4.69, 9.17) is 10.2 Å². The SMILES string of the molecule is CCCCN(c1ccccc1CCc1ccc(C(=O)O)cc1)S(=O)(=O)c1ccc(C)cc1.CCCCN(c1ccccc1CCc1ccc(C(=O)O)cc1)S(=O)(=O)c1cccc(C(F)(F)F)c1. The van der Waals surface area contributed by atoms with Gasteiger partial charge in [-0.2, -0.15) is 13.2 Å². The minimum absolute atomic E-state index is 0.124. The largest absolute Gasteiger partial charge is 0.478 e. The first kappa shape index (κ1) is 51.5. The van der Waals surface area contributed by atoms with Gasteiger partial charge in [0, 0.05) is 13.1 Å². The summed E-state index contributed by atoms with van der Waals surface area (Å²) in [5.74, 6) is -1.97. The zero-order valence-electron chi connectivity index (χ0n) is 37.6. The molecule has 6 aromatic carbocycles. The van der Waals surface area contributed by atoms with E-state index in [-0.39, 0.29) is 17.7 Å². The summed E-state index contributed by atoms with van der Waals surface area (Å²) >= 11 is 0. The lowest BCUT2D eigenvalue weighted by atomic mass is 10.0. The van der Waals surface area contributed by atoms with Crippen molar-refractivity contribution < 1.29 is 49.8 Å². The Bertz CT molecular complexity index is 2820. The molecular weight excluding hydrogens is 902 g/mol. The Morgan fingerprint density at radius 2 is 0.940 bits per heavy atom. The molecular formula is C52H55F3N2O8S2. The van der Waals surface area contributed by atoms with Gasteiger partial charge in [-0.05, 0) is 134 Å². The highest BCUT2D eigenvalue weighted by Crippen LogP contribution is 2.34. The molecule has 6 aromatic rings. The summed E-state index contributed by atoms with van der Waals surface area (Å²) in [7, 11) is -7.96. The number of carbonyl (C=O) groups is 2. The van der Waals surface area contributed by atoms with Gasteiger partial charge in [0.2, 0.25) is 0 Å². The van der Waals surface area contributed by atoms with E-state index in [2.05, 4.69) is 0 Å². The number of hydrogen-bond donors (Lipinski definition) is 2. The Morgan fingerprint density at radius 3 is 1.34 bits per heavy atom. The third-order valence-electron chi connectivity index (χ3n) is 11.1. The van der Waals surface area contributed by atoms with Crippen molar-refractivity contribution in [3.8, 4) is 0 Å². The van der Waals surface area contributed by atoms with Gasteiger partial charge in [-0.25, -0.2) is 26.4 Å². The molecule has 0 heterocycles. The first-order valence-electron chi connectivity index (χ1n) is 22.0. The highest BCUT2D eigenvalue weighted by molar-refractivity contribution is 7.93. The van der Waals surface area contributed by atoms with Gasteiger partial charge in [0.25, 0.3) is 20.0 Å². The van der Waals surface area contributed by atoms with Crippen molar-refractivity contribution in [2.45, 2.75) is 88.1 Å². The fourth-order valence-corrected chi connectivity index (χ4v) is 10.4. The van der Waals surface area contributed by atoms with Crippen LogP contribution >= 0.6 is 0 Å². The quantitative estimate of drug-likeness (QED) is 0.0768. The molecule has 0 amide bonds. The van der Waals surface area contributed by atoms with Gasteiger partial charge in [0.15, 0.2) is 0 Å². The van der Waals surface area contributed by atoms with Crippen molar-refractivity contribution in [3.63, 3.8) is 0 Å².